The number of nitrogens with one attached hydrogen (secondary N) is 1. The summed E-state index contributed by atoms with van der Waals surface area (Å²) in [6.45, 7) is 0. The molecule has 0 unspecified atom stereocenters. The van der Waals surface area contributed by atoms with Crippen molar-refractivity contribution in [1.29, 1.82) is 0 Å². The second-order valence-corrected chi connectivity index (χ2v) is 4.30. The molecule has 0 spiro atoms. The van der Waals surface area contributed by atoms with Crippen LogP contribution in [-0.2, 0) is 4.79 Å². The van der Waals surface area contributed by atoms with Crippen LogP contribution in [0.3, 0.4) is 0 Å². The molecule has 1 aromatic carbocycles. The summed E-state index contributed by atoms with van der Waals surface area (Å²) >= 11 is 0. The van der Waals surface area contributed by atoms with E-state index in [1.165, 1.54) is 23.2 Å². The van der Waals surface area contributed by atoms with Gasteiger partial charge in [-0.1, -0.05) is 12.1 Å². The zero-order valence-corrected chi connectivity index (χ0v) is 10.5. The molecule has 1 aromatic heterocycles. The van der Waals surface area contributed by atoms with Crippen LogP contribution < -0.4 is 5.32 Å². The Balaban J connectivity index is 2.18. The van der Waals surface area contributed by atoms with Crippen LogP contribution in [0.4, 0.5) is 11.6 Å². The molecule has 9 heteroatoms. The van der Waals surface area contributed by atoms with Gasteiger partial charge in [0.05, 0.1) is 10.5 Å². The Morgan fingerprint density at radius 2 is 2.19 bits per heavy atom. The monoisotopic (exact) mass is 287 g/mol. The number of aromatic nitrogens is 3. The van der Waals surface area contributed by atoms with Crippen LogP contribution in [0.5, 0.6) is 0 Å². The van der Waals surface area contributed by atoms with Gasteiger partial charge >= 0.3 is 5.97 Å². The lowest BCUT2D eigenvalue weighted by Gasteiger charge is -2.22. The van der Waals surface area contributed by atoms with Crippen molar-refractivity contribution in [2.45, 2.75) is 6.04 Å². The van der Waals surface area contributed by atoms with Crippen molar-refractivity contribution in [2.24, 2.45) is 0 Å². The molecule has 0 fully saturated rings. The summed E-state index contributed by atoms with van der Waals surface area (Å²) in [5.74, 6) is -0.953. The van der Waals surface area contributed by atoms with Crippen molar-refractivity contribution in [3.05, 3.63) is 58.0 Å². The molecule has 0 bridgehead atoms. The van der Waals surface area contributed by atoms with Gasteiger partial charge in [0.1, 0.15) is 18.1 Å². The number of carboxylic acids is 1. The van der Waals surface area contributed by atoms with E-state index < -0.39 is 16.9 Å². The first-order valence-electron chi connectivity index (χ1n) is 5.93. The molecule has 1 atom stereocenters. The number of aliphatic carboxylic acids is 1. The van der Waals surface area contributed by atoms with Crippen LogP contribution >= 0.6 is 0 Å². The number of anilines is 1. The molecule has 2 N–H and O–H groups in total. The van der Waals surface area contributed by atoms with Gasteiger partial charge in [-0.05, 0) is 12.1 Å². The van der Waals surface area contributed by atoms with Gasteiger partial charge in [-0.3, -0.25) is 10.1 Å². The standard InChI is InChI=1S/C12H9N5O4/c18-11(19)8-5-10(16-12(15-8)13-6-14-16)7-3-1-2-4-9(7)17(20)21/h1-6,10H,(H,18,19)(H,13,14,15)/t10-/m1/s1. The molecule has 1 aliphatic heterocycles. The summed E-state index contributed by atoms with van der Waals surface area (Å²) in [6.07, 6.45) is 2.62. The fourth-order valence-corrected chi connectivity index (χ4v) is 2.18. The molecule has 0 amide bonds. The zero-order valence-electron chi connectivity index (χ0n) is 10.5. The van der Waals surface area contributed by atoms with Gasteiger partial charge in [-0.15, -0.1) is 0 Å². The highest BCUT2D eigenvalue weighted by Crippen LogP contribution is 2.33. The quantitative estimate of drug-likeness (QED) is 0.641. The fraction of sp³-hybridized carbons (Fsp3) is 0.0833. The van der Waals surface area contributed by atoms with Gasteiger partial charge in [-0.2, -0.15) is 10.1 Å². The Morgan fingerprint density at radius 1 is 1.43 bits per heavy atom. The van der Waals surface area contributed by atoms with Crippen LogP contribution in [0.1, 0.15) is 11.6 Å². The average Bonchev–Trinajstić information content (AvgIpc) is 2.94. The first-order chi connectivity index (χ1) is 10.1. The minimum absolute atomic E-state index is 0.0985. The highest BCUT2D eigenvalue weighted by Gasteiger charge is 2.29. The maximum absolute atomic E-state index is 11.2. The summed E-state index contributed by atoms with van der Waals surface area (Å²) in [5, 5.41) is 26.9. The summed E-state index contributed by atoms with van der Waals surface area (Å²) < 4.78 is 1.40. The number of nitro benzene ring substituents is 1. The molecular formula is C12H9N5O4. The number of para-hydroxylation sites is 1. The second-order valence-electron chi connectivity index (χ2n) is 4.30. The minimum atomic E-state index is -1.17. The van der Waals surface area contributed by atoms with Gasteiger partial charge in [-0.25, -0.2) is 9.48 Å². The Morgan fingerprint density at radius 3 is 2.90 bits per heavy atom. The van der Waals surface area contributed by atoms with E-state index in [0.29, 0.717) is 5.56 Å². The molecular weight excluding hydrogens is 278 g/mol. The molecule has 9 nitrogen and oxygen atoms in total. The Kier molecular flexibility index (Phi) is 2.87. The minimum Gasteiger partial charge on any atom is -0.477 e. The Labute approximate surface area is 117 Å². The van der Waals surface area contributed by atoms with Crippen LogP contribution in [0.15, 0.2) is 42.4 Å². The van der Waals surface area contributed by atoms with Crippen LogP contribution in [0.2, 0.25) is 0 Å². The SMILES string of the molecule is O=C(O)C1=C[C@H](c2ccccc2[N+](=O)[O-])n2ncnc2N1. The third-order valence-electron chi connectivity index (χ3n) is 3.09. The van der Waals surface area contributed by atoms with Crippen LogP contribution in [0, 0.1) is 10.1 Å². The molecule has 0 aliphatic carbocycles. The molecule has 0 radical (unpaired) electrons. The molecule has 21 heavy (non-hydrogen) atoms. The largest absolute Gasteiger partial charge is 0.477 e. The van der Waals surface area contributed by atoms with E-state index >= 15 is 0 Å². The summed E-state index contributed by atoms with van der Waals surface area (Å²) in [5.41, 5.74) is 0.139. The molecule has 2 aromatic rings. The van der Waals surface area contributed by atoms with Crippen molar-refractivity contribution in [3.8, 4) is 0 Å². The highest BCUT2D eigenvalue weighted by molar-refractivity contribution is 5.90. The number of hydrogen-bond donors (Lipinski definition) is 2. The zero-order chi connectivity index (χ0) is 15.0. The number of carboxylic acid groups (broad SMARTS) is 1. The number of hydrogen-bond acceptors (Lipinski definition) is 6. The predicted octanol–water partition coefficient (Wildman–Crippen LogP) is 1.17. The maximum Gasteiger partial charge on any atom is 0.352 e. The van der Waals surface area contributed by atoms with Gasteiger partial charge < -0.3 is 10.4 Å². The summed E-state index contributed by atoms with van der Waals surface area (Å²) in [6, 6.07) is 5.41. The number of allylic oxidation sites excluding steroid dienone is 1. The third kappa shape index (κ3) is 2.10. The molecule has 1 aliphatic rings. The van der Waals surface area contributed by atoms with Gasteiger partial charge in [0.15, 0.2) is 0 Å². The van der Waals surface area contributed by atoms with Gasteiger partial charge in [0.25, 0.3) is 5.69 Å². The number of fused-ring (bicyclic) bond motifs is 1. The van der Waals surface area contributed by atoms with Crippen LogP contribution in [0.25, 0.3) is 0 Å². The second kappa shape index (κ2) is 4.71. The first-order valence-corrected chi connectivity index (χ1v) is 5.93. The van der Waals surface area contributed by atoms with Crippen molar-refractivity contribution in [1.82, 2.24) is 14.8 Å². The Bertz CT molecular complexity index is 767. The topological polar surface area (TPSA) is 123 Å². The first kappa shape index (κ1) is 12.8. The van der Waals surface area contributed by atoms with Crippen molar-refractivity contribution in [2.75, 3.05) is 5.32 Å². The van der Waals surface area contributed by atoms with Gasteiger partial charge in [0.2, 0.25) is 5.95 Å². The van der Waals surface area contributed by atoms with Gasteiger partial charge in [0, 0.05) is 6.07 Å². The lowest BCUT2D eigenvalue weighted by molar-refractivity contribution is -0.385. The number of benzene rings is 1. The molecule has 0 saturated heterocycles. The summed E-state index contributed by atoms with van der Waals surface area (Å²) in [7, 11) is 0. The van der Waals surface area contributed by atoms with E-state index in [9.17, 15) is 14.9 Å². The molecule has 2 heterocycles. The summed E-state index contributed by atoms with van der Waals surface area (Å²) in [4.78, 5) is 25.7. The number of nitro groups is 1. The lowest BCUT2D eigenvalue weighted by Crippen LogP contribution is -2.24. The van der Waals surface area contributed by atoms with Crippen LogP contribution in [-0.4, -0.2) is 30.8 Å². The highest BCUT2D eigenvalue weighted by atomic mass is 16.6. The average molecular weight is 287 g/mol. The number of carbonyl (C=O) groups is 1. The Hall–Kier alpha value is -3.23. The predicted molar refractivity (Wildman–Crippen MR) is 70.6 cm³/mol. The third-order valence-corrected chi connectivity index (χ3v) is 3.09. The smallest absolute Gasteiger partial charge is 0.352 e. The maximum atomic E-state index is 11.2. The normalized spacial score (nSPS) is 16.6. The van der Waals surface area contributed by atoms with Crippen molar-refractivity contribution >= 4 is 17.6 Å². The number of nitrogens with zero attached hydrogens (tertiary/aromatic N) is 4. The lowest BCUT2D eigenvalue weighted by atomic mass is 10.0. The van der Waals surface area contributed by atoms with E-state index in [2.05, 4.69) is 15.4 Å². The van der Waals surface area contributed by atoms with E-state index in [4.69, 9.17) is 5.11 Å². The van der Waals surface area contributed by atoms with Crippen molar-refractivity contribution in [3.63, 3.8) is 0 Å². The molecule has 3 rings (SSSR count). The van der Waals surface area contributed by atoms with Crippen molar-refractivity contribution < 1.29 is 14.8 Å². The van der Waals surface area contributed by atoms with E-state index in [-0.39, 0.29) is 17.3 Å². The number of rotatable bonds is 3. The van der Waals surface area contributed by atoms with E-state index in [0.717, 1.165) is 0 Å². The fourth-order valence-electron chi connectivity index (χ4n) is 2.18. The van der Waals surface area contributed by atoms with E-state index in [1.54, 1.807) is 18.2 Å². The molecule has 0 saturated carbocycles. The van der Waals surface area contributed by atoms with E-state index in [1.807, 2.05) is 0 Å². The molecule has 106 valence electrons.